The third-order valence-corrected chi connectivity index (χ3v) is 7.49. The normalized spacial score (nSPS) is 19.0. The molecule has 3 aromatic heterocycles. The molecule has 9 nitrogen and oxygen atoms in total. The summed E-state index contributed by atoms with van der Waals surface area (Å²) in [5.41, 5.74) is 5.04. The van der Waals surface area contributed by atoms with Crippen molar-refractivity contribution in [1.29, 1.82) is 0 Å². The first-order chi connectivity index (χ1) is 17.0. The number of hydrogen-bond acceptors (Lipinski definition) is 7. The molecular formula is C26H31N7O2. The molecule has 0 saturated carbocycles. The molecule has 0 bridgehead atoms. The number of fused-ring (bicyclic) bond motifs is 1. The molecule has 182 valence electrons. The van der Waals surface area contributed by atoms with E-state index in [0.29, 0.717) is 22.7 Å². The van der Waals surface area contributed by atoms with Crippen LogP contribution in [0, 0.1) is 5.41 Å². The summed E-state index contributed by atoms with van der Waals surface area (Å²) in [6.07, 6.45) is 11.3. The Morgan fingerprint density at radius 1 is 1.14 bits per heavy atom. The van der Waals surface area contributed by atoms with Gasteiger partial charge >= 0.3 is 0 Å². The van der Waals surface area contributed by atoms with Crippen molar-refractivity contribution >= 4 is 34.5 Å². The number of anilines is 3. The van der Waals surface area contributed by atoms with Crippen LogP contribution in [0.4, 0.5) is 17.5 Å². The molecule has 0 atom stereocenters. The molecule has 0 unspecified atom stereocenters. The molecule has 3 aromatic rings. The molecule has 9 heteroatoms. The molecule has 1 N–H and O–H groups in total. The van der Waals surface area contributed by atoms with E-state index in [1.165, 1.54) is 18.4 Å². The number of carbonyl (C=O) groups excluding carboxylic acids is 1. The molecule has 3 aliphatic rings. The average Bonchev–Trinajstić information content (AvgIpc) is 3.50. The van der Waals surface area contributed by atoms with E-state index in [0.717, 1.165) is 62.5 Å². The van der Waals surface area contributed by atoms with Crippen molar-refractivity contribution in [1.82, 2.24) is 24.5 Å². The number of carbonyl (C=O) groups is 1. The molecule has 2 saturated heterocycles. The Bertz CT molecular complexity index is 1280. The fourth-order valence-corrected chi connectivity index (χ4v) is 5.30. The number of aromatic nitrogens is 4. The van der Waals surface area contributed by atoms with Crippen molar-refractivity contribution in [3.05, 3.63) is 47.9 Å². The zero-order valence-electron chi connectivity index (χ0n) is 20.3. The largest absolute Gasteiger partial charge is 0.380 e. The summed E-state index contributed by atoms with van der Waals surface area (Å²) in [6.45, 7) is 3.91. The maximum atomic E-state index is 12.9. The van der Waals surface area contributed by atoms with E-state index in [2.05, 4.69) is 32.3 Å². The van der Waals surface area contributed by atoms with Gasteiger partial charge in [-0.2, -0.15) is 0 Å². The van der Waals surface area contributed by atoms with E-state index < -0.39 is 0 Å². The molecule has 2 fully saturated rings. The minimum absolute atomic E-state index is 0.0291. The van der Waals surface area contributed by atoms with Gasteiger partial charge in [0.15, 0.2) is 0 Å². The van der Waals surface area contributed by atoms with E-state index in [1.54, 1.807) is 25.2 Å². The van der Waals surface area contributed by atoms with Gasteiger partial charge < -0.3 is 19.9 Å². The lowest BCUT2D eigenvalue weighted by Crippen LogP contribution is -2.50. The first-order valence-corrected chi connectivity index (χ1v) is 12.4. The Morgan fingerprint density at radius 3 is 2.60 bits per heavy atom. The quantitative estimate of drug-likeness (QED) is 0.604. The number of ether oxygens (including phenoxy) is 1. The van der Waals surface area contributed by atoms with Gasteiger partial charge in [-0.3, -0.25) is 4.79 Å². The van der Waals surface area contributed by atoms with E-state index in [-0.39, 0.29) is 5.91 Å². The van der Waals surface area contributed by atoms with Gasteiger partial charge in [0.25, 0.3) is 5.91 Å². The fourth-order valence-electron chi connectivity index (χ4n) is 5.30. The van der Waals surface area contributed by atoms with Crippen LogP contribution in [0.5, 0.6) is 0 Å². The lowest BCUT2D eigenvalue weighted by molar-refractivity contribution is -0.124. The van der Waals surface area contributed by atoms with Gasteiger partial charge in [0.05, 0.1) is 48.1 Å². The maximum absolute atomic E-state index is 12.9. The number of pyridine rings is 1. The molecule has 35 heavy (non-hydrogen) atoms. The second-order valence-corrected chi connectivity index (χ2v) is 10.2. The van der Waals surface area contributed by atoms with Crippen molar-refractivity contribution in [2.45, 2.75) is 32.1 Å². The Morgan fingerprint density at radius 2 is 1.97 bits per heavy atom. The van der Waals surface area contributed by atoms with Gasteiger partial charge in [0, 0.05) is 32.6 Å². The van der Waals surface area contributed by atoms with Gasteiger partial charge in [0.1, 0.15) is 5.82 Å². The number of nitrogens with zero attached hydrogens (tertiary/aromatic N) is 6. The topological polar surface area (TPSA) is 87.9 Å². The fraction of sp³-hybridized carbons (Fsp3) is 0.462. The predicted octanol–water partition coefficient (Wildman–Crippen LogP) is 3.75. The van der Waals surface area contributed by atoms with Crippen LogP contribution in [0.1, 0.15) is 48.2 Å². The predicted molar refractivity (Wildman–Crippen MR) is 135 cm³/mol. The van der Waals surface area contributed by atoms with Crippen LogP contribution in [-0.4, -0.2) is 70.8 Å². The van der Waals surface area contributed by atoms with Gasteiger partial charge in [-0.1, -0.05) is 6.08 Å². The average molecular weight is 474 g/mol. The zero-order chi connectivity index (χ0) is 24.0. The first kappa shape index (κ1) is 22.0. The Balaban J connectivity index is 1.23. The molecular weight excluding hydrogens is 442 g/mol. The molecule has 5 heterocycles. The number of piperidine rings is 1. The first-order valence-electron chi connectivity index (χ1n) is 12.4. The van der Waals surface area contributed by atoms with Crippen LogP contribution in [-0.2, 0) is 4.74 Å². The maximum Gasteiger partial charge on any atom is 0.255 e. The highest BCUT2D eigenvalue weighted by Gasteiger charge is 2.41. The lowest BCUT2D eigenvalue weighted by Gasteiger charge is -2.47. The number of allylic oxidation sites excluding steroid dienone is 2. The van der Waals surface area contributed by atoms with Gasteiger partial charge in [-0.05, 0) is 55.9 Å². The lowest BCUT2D eigenvalue weighted by atomic mass is 9.77. The number of amides is 1. The molecule has 0 aromatic carbocycles. The van der Waals surface area contributed by atoms with E-state index >= 15 is 0 Å². The number of hydrogen-bond donors (Lipinski definition) is 1. The minimum Gasteiger partial charge on any atom is -0.380 e. The third kappa shape index (κ3) is 4.03. The molecule has 6 rings (SSSR count). The molecule has 1 amide bonds. The Labute approximate surface area is 204 Å². The molecule has 2 aliphatic heterocycles. The highest BCUT2D eigenvalue weighted by molar-refractivity contribution is 6.00. The summed E-state index contributed by atoms with van der Waals surface area (Å²) in [7, 11) is 3.55. The standard InChI is InChI=1S/C26H31N7O2/c1-31(2)24(34)21-13-20-15-28-25(30-33(20)23(21)18-5-3-4-6-18)29-22-8-7-19(14-27-22)32-11-9-26(10-12-32)16-35-17-26/h5,7-8,13-15H,3-4,6,9-12,16-17H2,1-2H3,(H,27,29,30). The number of nitrogens with one attached hydrogen (secondary N) is 1. The Kier molecular flexibility index (Phi) is 5.44. The smallest absolute Gasteiger partial charge is 0.255 e. The molecule has 0 radical (unpaired) electrons. The van der Waals surface area contributed by atoms with Crippen LogP contribution in [0.15, 0.2) is 36.7 Å². The van der Waals surface area contributed by atoms with Crippen molar-refractivity contribution in [3.8, 4) is 0 Å². The van der Waals surface area contributed by atoms with E-state index in [1.807, 2.05) is 22.8 Å². The third-order valence-electron chi connectivity index (χ3n) is 7.49. The summed E-state index contributed by atoms with van der Waals surface area (Å²) in [6, 6.07) is 5.95. The van der Waals surface area contributed by atoms with Crippen LogP contribution in [0.25, 0.3) is 11.1 Å². The van der Waals surface area contributed by atoms with Crippen molar-refractivity contribution in [2.24, 2.45) is 5.41 Å². The van der Waals surface area contributed by atoms with Crippen LogP contribution in [0.3, 0.4) is 0 Å². The molecule has 1 aliphatic carbocycles. The number of rotatable bonds is 5. The highest BCUT2D eigenvalue weighted by atomic mass is 16.5. The second-order valence-electron chi connectivity index (χ2n) is 10.2. The highest BCUT2D eigenvalue weighted by Crippen LogP contribution is 2.39. The van der Waals surface area contributed by atoms with Gasteiger partial charge in [-0.25, -0.2) is 14.5 Å². The van der Waals surface area contributed by atoms with E-state index in [9.17, 15) is 4.79 Å². The minimum atomic E-state index is -0.0291. The summed E-state index contributed by atoms with van der Waals surface area (Å²) >= 11 is 0. The monoisotopic (exact) mass is 473 g/mol. The van der Waals surface area contributed by atoms with Gasteiger partial charge in [0.2, 0.25) is 5.95 Å². The Hall–Kier alpha value is -3.46. The van der Waals surface area contributed by atoms with Crippen LogP contribution >= 0.6 is 0 Å². The van der Waals surface area contributed by atoms with Crippen molar-refractivity contribution in [2.75, 3.05) is 50.6 Å². The van der Waals surface area contributed by atoms with Crippen LogP contribution in [0.2, 0.25) is 0 Å². The SMILES string of the molecule is CN(C)C(=O)c1cc2cnc(Nc3ccc(N4CCC5(CC4)COC5)cn3)nn2c1C1=CCCC1. The zero-order valence-corrected chi connectivity index (χ0v) is 20.3. The van der Waals surface area contributed by atoms with Crippen molar-refractivity contribution < 1.29 is 9.53 Å². The van der Waals surface area contributed by atoms with Crippen LogP contribution < -0.4 is 10.2 Å². The van der Waals surface area contributed by atoms with Crippen molar-refractivity contribution in [3.63, 3.8) is 0 Å². The summed E-state index contributed by atoms with van der Waals surface area (Å²) in [5.74, 6) is 1.10. The van der Waals surface area contributed by atoms with E-state index in [4.69, 9.17) is 9.84 Å². The second kappa shape index (κ2) is 8.64. The summed E-state index contributed by atoms with van der Waals surface area (Å²) < 4.78 is 7.28. The van der Waals surface area contributed by atoms with Gasteiger partial charge in [-0.15, -0.1) is 5.10 Å². The molecule has 1 spiro atoms. The summed E-state index contributed by atoms with van der Waals surface area (Å²) in [4.78, 5) is 26.0. The summed E-state index contributed by atoms with van der Waals surface area (Å²) in [5, 5.41) is 7.97.